The highest BCUT2D eigenvalue weighted by atomic mass is 32.1. The van der Waals surface area contributed by atoms with Crippen LogP contribution in [-0.4, -0.2) is 62.4 Å². The predicted octanol–water partition coefficient (Wildman–Crippen LogP) is 0.890. The first-order valence-electron chi connectivity index (χ1n) is 8.81. The molecule has 2 aromatic heterocycles. The Balaban J connectivity index is 1.87. The van der Waals surface area contributed by atoms with Crippen LogP contribution < -0.4 is 11.2 Å². The number of aromatic nitrogens is 3. The third-order valence-electron chi connectivity index (χ3n) is 4.59. The smallest absolute Gasteiger partial charge is 0.328 e. The van der Waals surface area contributed by atoms with Gasteiger partial charge in [-0.25, -0.2) is 4.79 Å². The highest BCUT2D eigenvalue weighted by Crippen LogP contribution is 2.20. The van der Waals surface area contributed by atoms with E-state index >= 15 is 0 Å². The molecule has 1 fully saturated rings. The minimum atomic E-state index is -0.485. The second-order valence-corrected chi connectivity index (χ2v) is 7.13. The van der Waals surface area contributed by atoms with Gasteiger partial charge in [-0.15, -0.1) is 6.58 Å². The van der Waals surface area contributed by atoms with Gasteiger partial charge < -0.3 is 9.88 Å². The molecule has 26 heavy (non-hydrogen) atoms. The summed E-state index contributed by atoms with van der Waals surface area (Å²) >= 11 is 0.977. The van der Waals surface area contributed by atoms with Crippen LogP contribution in [0.5, 0.6) is 0 Å². The van der Waals surface area contributed by atoms with E-state index in [0.717, 1.165) is 48.6 Å². The topological polar surface area (TPSA) is 91.3 Å². The average molecular weight is 377 g/mol. The number of H-pyrrole nitrogens is 1. The van der Waals surface area contributed by atoms with Crippen molar-refractivity contribution in [2.24, 2.45) is 0 Å². The monoisotopic (exact) mass is 377 g/mol. The predicted molar refractivity (Wildman–Crippen MR) is 102 cm³/mol. The van der Waals surface area contributed by atoms with Crippen molar-refractivity contribution in [2.75, 3.05) is 32.7 Å². The highest BCUT2D eigenvalue weighted by Gasteiger charge is 2.26. The molecule has 0 aromatic carbocycles. The number of fused-ring (bicyclic) bond motifs is 1. The van der Waals surface area contributed by atoms with E-state index in [2.05, 4.69) is 20.8 Å². The Kier molecular flexibility index (Phi) is 5.67. The summed E-state index contributed by atoms with van der Waals surface area (Å²) in [6.45, 7) is 9.63. The average Bonchev–Trinajstić information content (AvgIpc) is 3.06. The van der Waals surface area contributed by atoms with Crippen molar-refractivity contribution in [3.8, 4) is 0 Å². The molecule has 1 saturated heterocycles. The van der Waals surface area contributed by atoms with E-state index < -0.39 is 11.2 Å². The van der Waals surface area contributed by atoms with Crippen LogP contribution in [0.15, 0.2) is 22.2 Å². The second-order valence-electron chi connectivity index (χ2n) is 6.36. The Morgan fingerprint density at radius 3 is 2.69 bits per heavy atom. The molecule has 0 radical (unpaired) electrons. The molecule has 140 valence electrons. The number of rotatable bonds is 6. The summed E-state index contributed by atoms with van der Waals surface area (Å²) < 4.78 is 5.32. The standard InChI is InChI=1S/C17H23N5O3S/c1-3-5-7-22-15(23)13-12(18-17(22)25)14(26-19-13)16(24)21-10-8-20(6-4-2)9-11-21/h4H,2-3,5-11H2,1H3,(H,18,25). The Bertz CT molecular complexity index is 921. The fourth-order valence-electron chi connectivity index (χ4n) is 3.07. The zero-order valence-electron chi connectivity index (χ0n) is 14.9. The summed E-state index contributed by atoms with van der Waals surface area (Å²) in [5, 5.41) is 0. The first-order valence-corrected chi connectivity index (χ1v) is 9.59. The Morgan fingerprint density at radius 1 is 1.31 bits per heavy atom. The number of hydrogen-bond acceptors (Lipinski definition) is 6. The van der Waals surface area contributed by atoms with Crippen LogP contribution >= 0.6 is 11.5 Å². The summed E-state index contributed by atoms with van der Waals surface area (Å²) in [5.74, 6) is -0.183. The number of piperazine rings is 1. The van der Waals surface area contributed by atoms with Crippen molar-refractivity contribution in [1.82, 2.24) is 23.7 Å². The van der Waals surface area contributed by atoms with Crippen molar-refractivity contribution < 1.29 is 4.79 Å². The quantitative estimate of drug-likeness (QED) is 0.755. The first-order chi connectivity index (χ1) is 12.6. The van der Waals surface area contributed by atoms with Crippen molar-refractivity contribution in [3.63, 3.8) is 0 Å². The summed E-state index contributed by atoms with van der Waals surface area (Å²) in [7, 11) is 0. The third-order valence-corrected chi connectivity index (χ3v) is 5.43. The molecule has 0 unspecified atom stereocenters. The van der Waals surface area contributed by atoms with Gasteiger partial charge in [0, 0.05) is 39.3 Å². The number of carbonyl (C=O) groups excluding carboxylic acids is 1. The molecule has 3 rings (SSSR count). The molecule has 0 bridgehead atoms. The molecule has 0 saturated carbocycles. The van der Waals surface area contributed by atoms with Gasteiger partial charge in [-0.3, -0.25) is 19.1 Å². The molecule has 9 heteroatoms. The number of amides is 1. The molecular weight excluding hydrogens is 354 g/mol. The second kappa shape index (κ2) is 7.96. The molecule has 1 amide bonds. The van der Waals surface area contributed by atoms with E-state index in [9.17, 15) is 14.4 Å². The van der Waals surface area contributed by atoms with Crippen LogP contribution in [0.1, 0.15) is 29.4 Å². The summed E-state index contributed by atoms with van der Waals surface area (Å²) in [6.07, 6.45) is 3.46. The third kappa shape index (κ3) is 3.49. The Morgan fingerprint density at radius 2 is 2.04 bits per heavy atom. The van der Waals surface area contributed by atoms with E-state index in [1.165, 1.54) is 0 Å². The molecule has 0 aliphatic carbocycles. The van der Waals surface area contributed by atoms with Gasteiger partial charge >= 0.3 is 5.69 Å². The lowest BCUT2D eigenvalue weighted by Gasteiger charge is -2.33. The molecule has 2 aromatic rings. The van der Waals surface area contributed by atoms with Gasteiger partial charge in [0.2, 0.25) is 0 Å². The zero-order chi connectivity index (χ0) is 18.7. The van der Waals surface area contributed by atoms with E-state index in [-0.39, 0.29) is 16.9 Å². The van der Waals surface area contributed by atoms with Gasteiger partial charge in [-0.05, 0) is 18.0 Å². The van der Waals surface area contributed by atoms with Crippen molar-refractivity contribution >= 4 is 28.5 Å². The van der Waals surface area contributed by atoms with Gasteiger partial charge in [-0.2, -0.15) is 4.37 Å². The molecule has 0 atom stereocenters. The molecule has 3 heterocycles. The van der Waals surface area contributed by atoms with Crippen LogP contribution in [0.2, 0.25) is 0 Å². The summed E-state index contributed by atoms with van der Waals surface area (Å²) in [4.78, 5) is 44.6. The Labute approximate surface area is 154 Å². The molecule has 1 aliphatic rings. The number of carbonyl (C=O) groups is 1. The van der Waals surface area contributed by atoms with E-state index in [4.69, 9.17) is 0 Å². The van der Waals surface area contributed by atoms with Gasteiger partial charge in [0.1, 0.15) is 4.88 Å². The molecule has 0 spiro atoms. The minimum Gasteiger partial charge on any atom is -0.335 e. The fraction of sp³-hybridized carbons (Fsp3) is 0.529. The van der Waals surface area contributed by atoms with Crippen molar-refractivity contribution in [2.45, 2.75) is 26.3 Å². The molecule has 8 nitrogen and oxygen atoms in total. The normalized spacial score (nSPS) is 15.5. The van der Waals surface area contributed by atoms with Crippen molar-refractivity contribution in [1.29, 1.82) is 0 Å². The number of nitrogens with zero attached hydrogens (tertiary/aromatic N) is 4. The number of nitrogens with one attached hydrogen (secondary N) is 1. The Hall–Kier alpha value is -2.26. The molecular formula is C17H23N5O3S. The first kappa shape index (κ1) is 18.5. The summed E-state index contributed by atoms with van der Waals surface area (Å²) in [6, 6.07) is 0. The SMILES string of the molecule is C=CCN1CCN(C(=O)c2snc3c(=O)n(CCCC)c(=O)[nH]c23)CC1. The number of unbranched alkanes of at least 4 members (excludes halogenated alkanes) is 1. The van der Waals surface area contributed by atoms with Crippen LogP contribution in [0, 0.1) is 0 Å². The highest BCUT2D eigenvalue weighted by molar-refractivity contribution is 7.09. The zero-order valence-corrected chi connectivity index (χ0v) is 15.7. The van der Waals surface area contributed by atoms with Crippen LogP contribution in [0.25, 0.3) is 11.0 Å². The lowest BCUT2D eigenvalue weighted by Crippen LogP contribution is -2.48. The van der Waals surface area contributed by atoms with Gasteiger partial charge in [-0.1, -0.05) is 19.4 Å². The maximum atomic E-state index is 12.8. The number of hydrogen-bond donors (Lipinski definition) is 1. The van der Waals surface area contributed by atoms with Crippen LogP contribution in [-0.2, 0) is 6.54 Å². The largest absolute Gasteiger partial charge is 0.335 e. The lowest BCUT2D eigenvalue weighted by molar-refractivity contribution is 0.0656. The summed E-state index contributed by atoms with van der Waals surface area (Å²) in [5.41, 5.74) is -0.486. The molecule has 1 N–H and O–H groups in total. The van der Waals surface area contributed by atoms with Crippen LogP contribution in [0.4, 0.5) is 0 Å². The fourth-order valence-corrected chi connectivity index (χ4v) is 3.87. The lowest BCUT2D eigenvalue weighted by atomic mass is 10.2. The van der Waals surface area contributed by atoms with Gasteiger partial charge in [0.15, 0.2) is 5.52 Å². The van der Waals surface area contributed by atoms with Gasteiger partial charge in [0.05, 0.1) is 5.52 Å². The van der Waals surface area contributed by atoms with Crippen molar-refractivity contribution in [3.05, 3.63) is 38.4 Å². The maximum absolute atomic E-state index is 12.8. The minimum absolute atomic E-state index is 0.166. The van der Waals surface area contributed by atoms with E-state index in [0.29, 0.717) is 24.5 Å². The number of aromatic amines is 1. The maximum Gasteiger partial charge on any atom is 0.328 e. The van der Waals surface area contributed by atoms with E-state index in [1.54, 1.807) is 4.90 Å². The molecule has 1 aliphatic heterocycles. The van der Waals surface area contributed by atoms with E-state index in [1.807, 2.05) is 13.0 Å². The van der Waals surface area contributed by atoms with Gasteiger partial charge in [0.25, 0.3) is 11.5 Å². The van der Waals surface area contributed by atoms with Crippen LogP contribution in [0.3, 0.4) is 0 Å².